The first kappa shape index (κ1) is 14.2. The summed E-state index contributed by atoms with van der Waals surface area (Å²) < 4.78 is 19.8. The standard InChI is InChI=1S/C12H16N2O3S/c1-8(2)14-18(16)11-6-5-9(12(15)13-3)7-10(11)17-4/h5-7,14H,1H2,2-4H3,(H,13,15). The minimum absolute atomic E-state index is 0.224. The van der Waals surface area contributed by atoms with Crippen LogP contribution >= 0.6 is 0 Å². The molecule has 1 unspecified atom stereocenters. The van der Waals surface area contributed by atoms with Crippen LogP contribution in [-0.4, -0.2) is 24.3 Å². The molecule has 1 rings (SSSR count). The first-order chi connectivity index (χ1) is 8.49. The Kier molecular flexibility index (Phi) is 4.91. The van der Waals surface area contributed by atoms with Crippen molar-refractivity contribution < 1.29 is 13.7 Å². The van der Waals surface area contributed by atoms with Gasteiger partial charge in [0.2, 0.25) is 0 Å². The van der Waals surface area contributed by atoms with Gasteiger partial charge >= 0.3 is 0 Å². The fourth-order valence-electron chi connectivity index (χ4n) is 1.32. The van der Waals surface area contributed by atoms with Crippen LogP contribution in [0.25, 0.3) is 0 Å². The van der Waals surface area contributed by atoms with Crippen molar-refractivity contribution >= 4 is 16.9 Å². The van der Waals surface area contributed by atoms with Crippen LogP contribution in [0, 0.1) is 0 Å². The number of ether oxygens (including phenoxy) is 1. The predicted octanol–water partition coefficient (Wildman–Crippen LogP) is 1.20. The van der Waals surface area contributed by atoms with Gasteiger partial charge in [0.15, 0.2) is 11.0 Å². The lowest BCUT2D eigenvalue weighted by Crippen LogP contribution is -2.19. The quantitative estimate of drug-likeness (QED) is 0.843. The Hall–Kier alpha value is -1.82. The third-order valence-electron chi connectivity index (χ3n) is 2.12. The SMILES string of the molecule is C=C(C)NS(=O)c1ccc(C(=O)NC)cc1OC. The maximum atomic E-state index is 11.9. The molecule has 0 fully saturated rings. The minimum Gasteiger partial charge on any atom is -0.495 e. The fraction of sp³-hybridized carbons (Fsp3) is 0.250. The highest BCUT2D eigenvalue weighted by Gasteiger charge is 2.13. The first-order valence-electron chi connectivity index (χ1n) is 5.23. The highest BCUT2D eigenvalue weighted by atomic mass is 32.2. The number of carbonyl (C=O) groups excluding carboxylic acids is 1. The number of benzene rings is 1. The largest absolute Gasteiger partial charge is 0.495 e. The van der Waals surface area contributed by atoms with Crippen LogP contribution < -0.4 is 14.8 Å². The van der Waals surface area contributed by atoms with E-state index in [4.69, 9.17) is 4.74 Å². The van der Waals surface area contributed by atoms with Gasteiger partial charge in [-0.25, -0.2) is 4.21 Å². The molecule has 0 saturated carbocycles. The lowest BCUT2D eigenvalue weighted by molar-refractivity contribution is 0.0962. The maximum Gasteiger partial charge on any atom is 0.251 e. The Labute approximate surface area is 109 Å². The molecule has 1 aromatic rings. The Balaban J connectivity index is 3.11. The van der Waals surface area contributed by atoms with E-state index in [9.17, 15) is 9.00 Å². The van der Waals surface area contributed by atoms with Crippen LogP contribution in [0.15, 0.2) is 35.4 Å². The second-order valence-electron chi connectivity index (χ2n) is 3.60. The number of methoxy groups -OCH3 is 1. The molecule has 2 N–H and O–H groups in total. The van der Waals surface area contributed by atoms with E-state index in [1.165, 1.54) is 7.11 Å². The molecule has 1 amide bonds. The van der Waals surface area contributed by atoms with Crippen LogP contribution in [0.3, 0.4) is 0 Å². The van der Waals surface area contributed by atoms with Gasteiger partial charge in [-0.1, -0.05) is 6.58 Å². The van der Waals surface area contributed by atoms with E-state index in [0.29, 0.717) is 21.9 Å². The zero-order chi connectivity index (χ0) is 13.7. The van der Waals surface area contributed by atoms with E-state index < -0.39 is 11.0 Å². The van der Waals surface area contributed by atoms with Crippen LogP contribution in [0.5, 0.6) is 5.75 Å². The predicted molar refractivity (Wildman–Crippen MR) is 70.7 cm³/mol. The van der Waals surface area contributed by atoms with Crippen molar-refractivity contribution in [2.24, 2.45) is 0 Å². The van der Waals surface area contributed by atoms with Gasteiger partial charge in [0.1, 0.15) is 10.6 Å². The third-order valence-corrected chi connectivity index (χ3v) is 3.39. The van der Waals surface area contributed by atoms with Crippen molar-refractivity contribution in [3.05, 3.63) is 36.0 Å². The number of amides is 1. The molecule has 0 radical (unpaired) electrons. The molecule has 0 heterocycles. The van der Waals surface area contributed by atoms with Crippen LogP contribution in [0.2, 0.25) is 0 Å². The smallest absolute Gasteiger partial charge is 0.251 e. The molecule has 1 atom stereocenters. The highest BCUT2D eigenvalue weighted by Crippen LogP contribution is 2.23. The summed E-state index contributed by atoms with van der Waals surface area (Å²) >= 11 is 0. The summed E-state index contributed by atoms with van der Waals surface area (Å²) in [5.74, 6) is 0.168. The van der Waals surface area contributed by atoms with Crippen LogP contribution in [-0.2, 0) is 11.0 Å². The molecule has 0 aromatic heterocycles. The molecule has 0 aliphatic heterocycles. The molecular weight excluding hydrogens is 252 g/mol. The summed E-state index contributed by atoms with van der Waals surface area (Å²) in [4.78, 5) is 11.9. The topological polar surface area (TPSA) is 67.4 Å². The zero-order valence-electron chi connectivity index (χ0n) is 10.6. The summed E-state index contributed by atoms with van der Waals surface area (Å²) in [7, 11) is 1.55. The Morgan fingerprint density at radius 2 is 2.11 bits per heavy atom. The van der Waals surface area contributed by atoms with Crippen molar-refractivity contribution in [1.82, 2.24) is 10.0 Å². The number of allylic oxidation sites excluding steroid dienone is 1. The molecule has 0 saturated heterocycles. The van der Waals surface area contributed by atoms with Crippen LogP contribution in [0.1, 0.15) is 17.3 Å². The van der Waals surface area contributed by atoms with E-state index in [-0.39, 0.29) is 5.91 Å². The summed E-state index contributed by atoms with van der Waals surface area (Å²) in [6, 6.07) is 4.73. The van der Waals surface area contributed by atoms with Crippen LogP contribution in [0.4, 0.5) is 0 Å². The van der Waals surface area contributed by atoms with Gasteiger partial charge in [0.05, 0.1) is 7.11 Å². The van der Waals surface area contributed by atoms with Gasteiger partial charge in [-0.05, 0) is 25.1 Å². The molecule has 0 bridgehead atoms. The average Bonchev–Trinajstić information content (AvgIpc) is 2.36. The molecule has 5 nitrogen and oxygen atoms in total. The number of carbonyl (C=O) groups is 1. The summed E-state index contributed by atoms with van der Waals surface area (Å²) in [6.07, 6.45) is 0. The maximum absolute atomic E-state index is 11.9. The lowest BCUT2D eigenvalue weighted by Gasteiger charge is -2.11. The van der Waals surface area contributed by atoms with E-state index in [2.05, 4.69) is 16.6 Å². The third kappa shape index (κ3) is 3.33. The molecule has 1 aromatic carbocycles. The fourth-order valence-corrected chi connectivity index (χ4v) is 2.26. The number of nitrogens with one attached hydrogen (secondary N) is 2. The lowest BCUT2D eigenvalue weighted by atomic mass is 10.2. The minimum atomic E-state index is -1.45. The number of hydrogen-bond acceptors (Lipinski definition) is 3. The average molecular weight is 268 g/mol. The van der Waals surface area contributed by atoms with Crippen molar-refractivity contribution in [3.63, 3.8) is 0 Å². The van der Waals surface area contributed by atoms with Crippen molar-refractivity contribution in [1.29, 1.82) is 0 Å². The van der Waals surface area contributed by atoms with Gasteiger partial charge in [-0.2, -0.15) is 0 Å². The second kappa shape index (κ2) is 6.20. The van der Waals surface area contributed by atoms with E-state index in [0.717, 1.165) is 0 Å². The van der Waals surface area contributed by atoms with Crippen molar-refractivity contribution in [2.75, 3.05) is 14.2 Å². The number of rotatable bonds is 5. The van der Waals surface area contributed by atoms with Crippen molar-refractivity contribution in [3.8, 4) is 5.75 Å². The Morgan fingerprint density at radius 3 is 2.61 bits per heavy atom. The van der Waals surface area contributed by atoms with E-state index in [1.807, 2.05) is 0 Å². The normalized spacial score (nSPS) is 11.5. The second-order valence-corrected chi connectivity index (χ2v) is 4.78. The summed E-state index contributed by atoms with van der Waals surface area (Å²) in [5, 5.41) is 2.51. The summed E-state index contributed by atoms with van der Waals surface area (Å²) in [6.45, 7) is 5.34. The van der Waals surface area contributed by atoms with Gasteiger partial charge in [-0.15, -0.1) is 0 Å². The molecule has 18 heavy (non-hydrogen) atoms. The Bertz CT molecular complexity index is 500. The van der Waals surface area contributed by atoms with Gasteiger partial charge in [0, 0.05) is 18.3 Å². The molecule has 0 aliphatic carbocycles. The molecule has 0 aliphatic rings. The van der Waals surface area contributed by atoms with E-state index in [1.54, 1.807) is 32.2 Å². The van der Waals surface area contributed by atoms with E-state index >= 15 is 0 Å². The molecule has 98 valence electrons. The first-order valence-corrected chi connectivity index (χ1v) is 6.38. The highest BCUT2D eigenvalue weighted by molar-refractivity contribution is 7.83. The molecular formula is C12H16N2O3S. The van der Waals surface area contributed by atoms with Gasteiger partial charge < -0.3 is 14.8 Å². The molecule has 0 spiro atoms. The molecule has 6 heteroatoms. The Morgan fingerprint density at radius 1 is 1.44 bits per heavy atom. The number of hydrogen-bond donors (Lipinski definition) is 2. The van der Waals surface area contributed by atoms with Gasteiger partial charge in [-0.3, -0.25) is 4.79 Å². The zero-order valence-corrected chi connectivity index (χ0v) is 11.4. The summed E-state index contributed by atoms with van der Waals surface area (Å²) in [5.41, 5.74) is 1.04. The van der Waals surface area contributed by atoms with Crippen molar-refractivity contribution in [2.45, 2.75) is 11.8 Å². The van der Waals surface area contributed by atoms with Gasteiger partial charge in [0.25, 0.3) is 5.91 Å². The monoisotopic (exact) mass is 268 g/mol.